The predicted octanol–water partition coefficient (Wildman–Crippen LogP) is 3.71. The lowest BCUT2D eigenvalue weighted by atomic mass is 10.1. The molecule has 0 atom stereocenters. The second-order valence-electron chi connectivity index (χ2n) is 5.88. The lowest BCUT2D eigenvalue weighted by molar-refractivity contribution is -0.113. The molecule has 4 N–H and O–H groups in total. The summed E-state index contributed by atoms with van der Waals surface area (Å²) in [4.78, 5) is 12.2. The molecule has 29 heavy (non-hydrogen) atoms. The average molecular weight is 474 g/mol. The molecule has 150 valence electrons. The van der Waals surface area contributed by atoms with Crippen LogP contribution >= 0.6 is 27.7 Å². The van der Waals surface area contributed by atoms with Crippen LogP contribution in [0.5, 0.6) is 0 Å². The van der Waals surface area contributed by atoms with E-state index in [9.17, 15) is 4.79 Å². The molecule has 0 saturated heterocycles. The minimum absolute atomic E-state index is 0.143. The van der Waals surface area contributed by atoms with Gasteiger partial charge in [0.2, 0.25) is 11.1 Å². The predicted molar refractivity (Wildman–Crippen MR) is 121 cm³/mol. The third-order valence-electron chi connectivity index (χ3n) is 3.88. The van der Waals surface area contributed by atoms with Crippen LogP contribution in [0.1, 0.15) is 18.9 Å². The van der Waals surface area contributed by atoms with Crippen molar-refractivity contribution in [1.29, 1.82) is 0 Å². The summed E-state index contributed by atoms with van der Waals surface area (Å²) in [5.41, 5.74) is 5.44. The monoisotopic (exact) mass is 473 g/mol. The molecule has 1 amide bonds. The van der Waals surface area contributed by atoms with Crippen LogP contribution in [-0.4, -0.2) is 32.2 Å². The Kier molecular flexibility index (Phi) is 7.25. The number of anilines is 2. The van der Waals surface area contributed by atoms with E-state index in [1.807, 2.05) is 61.5 Å². The van der Waals surface area contributed by atoms with Crippen molar-refractivity contribution in [2.24, 2.45) is 5.10 Å². The SMILES string of the molecule is CC/C(=N\Nc1nnc(SCC(=O)Nc2ccccc2Br)n1N)c1ccccc1. The summed E-state index contributed by atoms with van der Waals surface area (Å²) < 4.78 is 2.09. The number of carbonyl (C=O) groups is 1. The van der Waals surface area contributed by atoms with Gasteiger partial charge in [-0.25, -0.2) is 10.1 Å². The van der Waals surface area contributed by atoms with E-state index in [0.29, 0.717) is 16.8 Å². The van der Waals surface area contributed by atoms with Crippen LogP contribution in [0.2, 0.25) is 0 Å². The molecule has 0 fully saturated rings. The number of carbonyl (C=O) groups excluding carboxylic acids is 1. The number of para-hydroxylation sites is 1. The van der Waals surface area contributed by atoms with Gasteiger partial charge in [-0.3, -0.25) is 4.79 Å². The third-order valence-corrected chi connectivity index (χ3v) is 5.51. The number of thioether (sulfide) groups is 1. The summed E-state index contributed by atoms with van der Waals surface area (Å²) in [5.74, 6) is 6.30. The van der Waals surface area contributed by atoms with Crippen molar-refractivity contribution < 1.29 is 4.79 Å². The van der Waals surface area contributed by atoms with E-state index in [0.717, 1.165) is 22.2 Å². The van der Waals surface area contributed by atoms with Gasteiger partial charge in [0.05, 0.1) is 17.2 Å². The Balaban J connectivity index is 1.60. The molecule has 0 saturated carbocycles. The van der Waals surface area contributed by atoms with Gasteiger partial charge < -0.3 is 11.2 Å². The number of benzene rings is 2. The number of amides is 1. The lowest BCUT2D eigenvalue weighted by Gasteiger charge is -2.07. The van der Waals surface area contributed by atoms with Gasteiger partial charge in [0.15, 0.2) is 0 Å². The van der Waals surface area contributed by atoms with Crippen LogP contribution in [0, 0.1) is 0 Å². The Bertz CT molecular complexity index is 1010. The highest BCUT2D eigenvalue weighted by Crippen LogP contribution is 2.22. The Morgan fingerprint density at radius 2 is 1.90 bits per heavy atom. The Morgan fingerprint density at radius 1 is 1.17 bits per heavy atom. The molecular formula is C19H20BrN7OS. The molecule has 0 aliphatic heterocycles. The van der Waals surface area contributed by atoms with Crippen molar-refractivity contribution in [3.63, 3.8) is 0 Å². The zero-order chi connectivity index (χ0) is 20.6. The van der Waals surface area contributed by atoms with Crippen molar-refractivity contribution in [1.82, 2.24) is 14.9 Å². The van der Waals surface area contributed by atoms with Crippen molar-refractivity contribution in [2.45, 2.75) is 18.5 Å². The summed E-state index contributed by atoms with van der Waals surface area (Å²) >= 11 is 4.58. The maximum Gasteiger partial charge on any atom is 0.264 e. The molecule has 1 aromatic heterocycles. The van der Waals surface area contributed by atoms with Gasteiger partial charge >= 0.3 is 0 Å². The van der Waals surface area contributed by atoms with Gasteiger partial charge in [-0.15, -0.1) is 10.2 Å². The maximum atomic E-state index is 12.2. The van der Waals surface area contributed by atoms with Crippen LogP contribution in [0.15, 0.2) is 69.3 Å². The van der Waals surface area contributed by atoms with Gasteiger partial charge in [0, 0.05) is 4.47 Å². The van der Waals surface area contributed by atoms with Crippen molar-refractivity contribution >= 4 is 50.9 Å². The first-order valence-electron chi connectivity index (χ1n) is 8.84. The van der Waals surface area contributed by atoms with Crippen molar-refractivity contribution in [3.05, 3.63) is 64.6 Å². The van der Waals surface area contributed by atoms with Gasteiger partial charge in [0.25, 0.3) is 5.95 Å². The highest BCUT2D eigenvalue weighted by Gasteiger charge is 2.13. The number of nitrogen functional groups attached to an aromatic ring is 1. The van der Waals surface area contributed by atoms with Crippen LogP contribution in [0.25, 0.3) is 0 Å². The molecule has 0 radical (unpaired) electrons. The van der Waals surface area contributed by atoms with Gasteiger partial charge in [-0.05, 0) is 40.0 Å². The number of rotatable bonds is 8. The molecule has 0 aliphatic rings. The number of nitrogens with one attached hydrogen (secondary N) is 2. The van der Waals surface area contributed by atoms with E-state index in [1.54, 1.807) is 0 Å². The first-order chi connectivity index (χ1) is 14.1. The Hall–Kier alpha value is -2.85. The average Bonchev–Trinajstić information content (AvgIpc) is 3.09. The topological polar surface area (TPSA) is 110 Å². The van der Waals surface area contributed by atoms with Crippen LogP contribution in [0.4, 0.5) is 11.6 Å². The van der Waals surface area contributed by atoms with Crippen molar-refractivity contribution in [3.8, 4) is 0 Å². The number of hydrogen-bond acceptors (Lipinski definition) is 7. The van der Waals surface area contributed by atoms with E-state index in [4.69, 9.17) is 5.84 Å². The highest BCUT2D eigenvalue weighted by molar-refractivity contribution is 9.10. The van der Waals surface area contributed by atoms with Crippen LogP contribution < -0.4 is 16.6 Å². The molecular weight excluding hydrogens is 454 g/mol. The number of aromatic nitrogens is 3. The molecule has 0 aliphatic carbocycles. The van der Waals surface area contributed by atoms with Crippen molar-refractivity contribution in [2.75, 3.05) is 22.3 Å². The number of hydrogen-bond donors (Lipinski definition) is 3. The molecule has 0 spiro atoms. The second-order valence-corrected chi connectivity index (χ2v) is 7.68. The molecule has 1 heterocycles. The van der Waals surface area contributed by atoms with Crippen LogP contribution in [-0.2, 0) is 4.79 Å². The summed E-state index contributed by atoms with van der Waals surface area (Å²) in [6.45, 7) is 2.02. The molecule has 3 aromatic rings. The second kappa shape index (κ2) is 10.1. The fourth-order valence-corrected chi connectivity index (χ4v) is 3.47. The van der Waals surface area contributed by atoms with E-state index < -0.39 is 0 Å². The fourth-order valence-electron chi connectivity index (χ4n) is 2.43. The molecule has 8 nitrogen and oxygen atoms in total. The van der Waals surface area contributed by atoms with Gasteiger partial charge in [-0.1, -0.05) is 61.2 Å². The number of halogens is 1. The summed E-state index contributed by atoms with van der Waals surface area (Å²) in [6.07, 6.45) is 0.743. The molecule has 0 bridgehead atoms. The first-order valence-corrected chi connectivity index (χ1v) is 10.6. The summed E-state index contributed by atoms with van der Waals surface area (Å²) in [7, 11) is 0. The van der Waals surface area contributed by atoms with E-state index >= 15 is 0 Å². The van der Waals surface area contributed by atoms with E-state index in [-0.39, 0.29) is 11.7 Å². The number of nitrogens with zero attached hydrogens (tertiary/aromatic N) is 4. The number of nitrogens with two attached hydrogens (primary N) is 1. The first kappa shape index (κ1) is 20.9. The largest absolute Gasteiger partial charge is 0.334 e. The van der Waals surface area contributed by atoms with Gasteiger partial charge in [0.1, 0.15) is 0 Å². The fraction of sp³-hybridized carbons (Fsp3) is 0.158. The van der Waals surface area contributed by atoms with Gasteiger partial charge in [-0.2, -0.15) is 5.10 Å². The maximum absolute atomic E-state index is 12.2. The quantitative estimate of drug-likeness (QED) is 0.199. The smallest absolute Gasteiger partial charge is 0.264 e. The zero-order valence-electron chi connectivity index (χ0n) is 15.7. The normalized spacial score (nSPS) is 11.3. The minimum atomic E-state index is -0.172. The van der Waals surface area contributed by atoms with E-state index in [1.165, 1.54) is 16.4 Å². The zero-order valence-corrected chi connectivity index (χ0v) is 18.1. The molecule has 10 heteroatoms. The Labute approximate surface area is 181 Å². The lowest BCUT2D eigenvalue weighted by Crippen LogP contribution is -2.17. The molecule has 2 aromatic carbocycles. The standard InChI is InChI=1S/C19H20BrN7OS/c1-2-15(13-8-4-3-5-9-13)23-24-18-25-26-19(27(18)21)29-12-17(28)22-16-11-7-6-10-14(16)20/h3-11H,2,12,21H2,1H3,(H,22,28)(H,24,25)/b23-15+. The minimum Gasteiger partial charge on any atom is -0.334 e. The van der Waals surface area contributed by atoms with Crippen LogP contribution in [0.3, 0.4) is 0 Å². The van der Waals surface area contributed by atoms with E-state index in [2.05, 4.69) is 42.0 Å². The summed E-state index contributed by atoms with van der Waals surface area (Å²) in [6, 6.07) is 17.3. The third kappa shape index (κ3) is 5.58. The number of hydrazone groups is 1. The Morgan fingerprint density at radius 3 is 2.62 bits per heavy atom. The summed E-state index contributed by atoms with van der Waals surface area (Å²) in [5, 5.41) is 15.6. The molecule has 0 unspecified atom stereocenters. The molecule has 3 rings (SSSR count). The highest BCUT2D eigenvalue weighted by atomic mass is 79.9.